The number of fused-ring (bicyclic) bond motifs is 1. The second-order valence-electron chi connectivity index (χ2n) is 5.20. The lowest BCUT2D eigenvalue weighted by molar-refractivity contribution is 0.310. The Hall–Kier alpha value is -1.84. The van der Waals surface area contributed by atoms with Crippen LogP contribution in [0.1, 0.15) is 44.6 Å². The standard InChI is InChI=1S/C15H19N3O/c19-17-13-8-3-1-2-4-9-15(13)18-11-16-12-7-5-6-10-14(12)18/h5-7,10-11,15,19H,1-4,8-9H2/b17-13-/t15-/m1/s1. The van der Waals surface area contributed by atoms with Crippen molar-refractivity contribution in [2.45, 2.75) is 44.6 Å². The van der Waals surface area contributed by atoms with E-state index >= 15 is 0 Å². The first kappa shape index (κ1) is 12.2. The molecular weight excluding hydrogens is 238 g/mol. The lowest BCUT2D eigenvalue weighted by Crippen LogP contribution is -2.20. The van der Waals surface area contributed by atoms with Gasteiger partial charge in [-0.2, -0.15) is 0 Å². The maximum absolute atomic E-state index is 9.30. The molecule has 1 aliphatic carbocycles. The highest BCUT2D eigenvalue weighted by Crippen LogP contribution is 2.27. The topological polar surface area (TPSA) is 50.4 Å². The summed E-state index contributed by atoms with van der Waals surface area (Å²) in [5.74, 6) is 0. The highest BCUT2D eigenvalue weighted by molar-refractivity contribution is 5.89. The minimum Gasteiger partial charge on any atom is -0.411 e. The van der Waals surface area contributed by atoms with Gasteiger partial charge in [0, 0.05) is 0 Å². The van der Waals surface area contributed by atoms with E-state index in [1.165, 1.54) is 19.3 Å². The Morgan fingerprint density at radius 1 is 1.16 bits per heavy atom. The van der Waals surface area contributed by atoms with E-state index < -0.39 is 0 Å². The quantitative estimate of drug-likeness (QED) is 0.624. The first-order valence-corrected chi connectivity index (χ1v) is 7.02. The molecule has 0 amide bonds. The average molecular weight is 257 g/mol. The van der Waals surface area contributed by atoms with E-state index in [2.05, 4.69) is 20.8 Å². The van der Waals surface area contributed by atoms with Gasteiger partial charge in [0.25, 0.3) is 0 Å². The second kappa shape index (κ2) is 5.43. The van der Waals surface area contributed by atoms with Crippen LogP contribution in [0.15, 0.2) is 35.7 Å². The van der Waals surface area contributed by atoms with Gasteiger partial charge in [0.2, 0.25) is 0 Å². The molecule has 1 saturated carbocycles. The van der Waals surface area contributed by atoms with E-state index in [1.807, 2.05) is 24.5 Å². The molecule has 0 saturated heterocycles. The fourth-order valence-corrected chi connectivity index (χ4v) is 2.97. The summed E-state index contributed by atoms with van der Waals surface area (Å²) in [7, 11) is 0. The predicted octanol–water partition coefficient (Wildman–Crippen LogP) is 3.76. The fourth-order valence-electron chi connectivity index (χ4n) is 2.97. The number of oxime groups is 1. The third-order valence-electron chi connectivity index (χ3n) is 3.99. The molecule has 1 fully saturated rings. The van der Waals surface area contributed by atoms with Crippen molar-refractivity contribution in [2.75, 3.05) is 0 Å². The second-order valence-corrected chi connectivity index (χ2v) is 5.20. The summed E-state index contributed by atoms with van der Waals surface area (Å²) in [5, 5.41) is 12.9. The van der Waals surface area contributed by atoms with Crippen LogP contribution in [0.2, 0.25) is 0 Å². The highest BCUT2D eigenvalue weighted by atomic mass is 16.4. The number of para-hydroxylation sites is 2. The van der Waals surface area contributed by atoms with E-state index in [1.54, 1.807) is 0 Å². The van der Waals surface area contributed by atoms with Gasteiger partial charge in [-0.05, 0) is 31.4 Å². The van der Waals surface area contributed by atoms with Crippen molar-refractivity contribution in [1.29, 1.82) is 0 Å². The smallest absolute Gasteiger partial charge is 0.0964 e. The third-order valence-corrected chi connectivity index (χ3v) is 3.99. The zero-order valence-electron chi connectivity index (χ0n) is 11.0. The maximum Gasteiger partial charge on any atom is 0.0964 e. The molecule has 0 radical (unpaired) electrons. The van der Waals surface area contributed by atoms with Crippen molar-refractivity contribution < 1.29 is 5.21 Å². The molecule has 19 heavy (non-hydrogen) atoms. The summed E-state index contributed by atoms with van der Waals surface area (Å²) in [6, 6.07) is 8.27. The SMILES string of the molecule is O/N=C1/CCCCCC[C@H]1n1cnc2ccccc21. The largest absolute Gasteiger partial charge is 0.411 e. The van der Waals surface area contributed by atoms with Crippen molar-refractivity contribution in [3.05, 3.63) is 30.6 Å². The number of rotatable bonds is 1. The molecule has 0 aliphatic heterocycles. The first-order valence-electron chi connectivity index (χ1n) is 7.02. The Balaban J connectivity index is 2.01. The lowest BCUT2D eigenvalue weighted by atomic mass is 9.94. The van der Waals surface area contributed by atoms with Gasteiger partial charge in [0.15, 0.2) is 0 Å². The van der Waals surface area contributed by atoms with Crippen LogP contribution in [-0.4, -0.2) is 20.5 Å². The molecule has 0 spiro atoms. The lowest BCUT2D eigenvalue weighted by Gasteiger charge is -2.22. The maximum atomic E-state index is 9.30. The van der Waals surface area contributed by atoms with Crippen molar-refractivity contribution in [1.82, 2.24) is 9.55 Å². The zero-order chi connectivity index (χ0) is 13.1. The molecular formula is C15H19N3O. The van der Waals surface area contributed by atoms with Gasteiger partial charge in [-0.25, -0.2) is 4.98 Å². The van der Waals surface area contributed by atoms with Gasteiger partial charge < -0.3 is 9.77 Å². The van der Waals surface area contributed by atoms with Crippen molar-refractivity contribution in [2.24, 2.45) is 5.16 Å². The molecule has 1 N–H and O–H groups in total. The highest BCUT2D eigenvalue weighted by Gasteiger charge is 2.21. The summed E-state index contributed by atoms with van der Waals surface area (Å²) < 4.78 is 2.16. The molecule has 2 aromatic rings. The van der Waals surface area contributed by atoms with Gasteiger partial charge in [0.05, 0.1) is 29.1 Å². The Bertz CT molecular complexity index is 588. The van der Waals surface area contributed by atoms with E-state index in [-0.39, 0.29) is 6.04 Å². The molecule has 100 valence electrons. The summed E-state index contributed by atoms with van der Waals surface area (Å²) >= 11 is 0. The van der Waals surface area contributed by atoms with Crippen LogP contribution in [0.25, 0.3) is 11.0 Å². The summed E-state index contributed by atoms with van der Waals surface area (Å²) in [6.07, 6.45) is 8.58. The van der Waals surface area contributed by atoms with Crippen LogP contribution in [-0.2, 0) is 0 Å². The van der Waals surface area contributed by atoms with Gasteiger partial charge in [-0.1, -0.05) is 36.6 Å². The molecule has 1 aromatic heterocycles. The Labute approximate surface area is 112 Å². The van der Waals surface area contributed by atoms with Gasteiger partial charge in [-0.15, -0.1) is 0 Å². The van der Waals surface area contributed by atoms with Gasteiger partial charge in [-0.3, -0.25) is 0 Å². The minimum atomic E-state index is 0.151. The Morgan fingerprint density at radius 3 is 2.89 bits per heavy atom. The molecule has 1 aliphatic rings. The molecule has 1 heterocycles. The van der Waals surface area contributed by atoms with E-state index in [4.69, 9.17) is 0 Å². The normalized spacial score (nSPS) is 23.4. The Kier molecular flexibility index (Phi) is 3.49. The van der Waals surface area contributed by atoms with E-state index in [9.17, 15) is 5.21 Å². The zero-order valence-corrected chi connectivity index (χ0v) is 11.0. The number of benzene rings is 1. The van der Waals surface area contributed by atoms with E-state index in [0.29, 0.717) is 0 Å². The number of hydrogen-bond donors (Lipinski definition) is 1. The summed E-state index contributed by atoms with van der Waals surface area (Å²) in [5.41, 5.74) is 3.01. The van der Waals surface area contributed by atoms with Crippen LogP contribution in [0, 0.1) is 0 Å². The fraction of sp³-hybridized carbons (Fsp3) is 0.467. The first-order chi connectivity index (χ1) is 9.40. The molecule has 0 unspecified atom stereocenters. The molecule has 1 aromatic carbocycles. The number of aromatic nitrogens is 2. The summed E-state index contributed by atoms with van der Waals surface area (Å²) in [6.45, 7) is 0. The number of imidazole rings is 1. The van der Waals surface area contributed by atoms with Gasteiger partial charge in [0.1, 0.15) is 0 Å². The van der Waals surface area contributed by atoms with Crippen LogP contribution in [0.5, 0.6) is 0 Å². The third kappa shape index (κ3) is 2.35. The van der Waals surface area contributed by atoms with Crippen LogP contribution >= 0.6 is 0 Å². The predicted molar refractivity (Wildman–Crippen MR) is 75.7 cm³/mol. The van der Waals surface area contributed by atoms with Gasteiger partial charge >= 0.3 is 0 Å². The summed E-state index contributed by atoms with van der Waals surface area (Å²) in [4.78, 5) is 4.44. The van der Waals surface area contributed by atoms with E-state index in [0.717, 1.165) is 36.0 Å². The van der Waals surface area contributed by atoms with Crippen LogP contribution in [0.3, 0.4) is 0 Å². The van der Waals surface area contributed by atoms with Crippen LogP contribution < -0.4 is 0 Å². The Morgan fingerprint density at radius 2 is 2.00 bits per heavy atom. The minimum absolute atomic E-state index is 0.151. The molecule has 0 bridgehead atoms. The van der Waals surface area contributed by atoms with Crippen LogP contribution in [0.4, 0.5) is 0 Å². The monoisotopic (exact) mass is 257 g/mol. The van der Waals surface area contributed by atoms with Crippen molar-refractivity contribution in [3.8, 4) is 0 Å². The average Bonchev–Trinajstić information content (AvgIpc) is 2.83. The molecule has 4 nitrogen and oxygen atoms in total. The molecule has 3 rings (SSSR count). The van der Waals surface area contributed by atoms with Crippen molar-refractivity contribution >= 4 is 16.7 Å². The number of hydrogen-bond acceptors (Lipinski definition) is 3. The molecule has 1 atom stereocenters. The van der Waals surface area contributed by atoms with Crippen molar-refractivity contribution in [3.63, 3.8) is 0 Å². The number of nitrogens with zero attached hydrogens (tertiary/aromatic N) is 3. The molecule has 4 heteroatoms.